The molecule has 2 aromatic rings. The van der Waals surface area contributed by atoms with Crippen molar-refractivity contribution >= 4 is 11.6 Å². The molecule has 0 amide bonds. The number of nitrogens with zero attached hydrogens (tertiary/aromatic N) is 2. The van der Waals surface area contributed by atoms with Crippen LogP contribution in [-0.4, -0.2) is 28.1 Å². The molecular weight excluding hydrogens is 310 g/mol. The van der Waals surface area contributed by atoms with Crippen LogP contribution in [0.4, 0.5) is 0 Å². The molecule has 0 aliphatic carbocycles. The molecule has 0 unspecified atom stereocenters. The van der Waals surface area contributed by atoms with Crippen molar-refractivity contribution in [1.29, 1.82) is 5.26 Å². The second-order valence-corrected chi connectivity index (χ2v) is 6.70. The molecule has 120 valence electrons. The summed E-state index contributed by atoms with van der Waals surface area (Å²) in [5.41, 5.74) is 2.83. The number of H-pyrrole nitrogens is 1. The molecule has 1 aromatic heterocycles. The van der Waals surface area contributed by atoms with Crippen molar-refractivity contribution in [2.75, 3.05) is 13.1 Å². The van der Waals surface area contributed by atoms with Crippen LogP contribution in [0.15, 0.2) is 30.3 Å². The molecule has 0 spiro atoms. The van der Waals surface area contributed by atoms with Crippen LogP contribution in [0.5, 0.6) is 0 Å². The van der Waals surface area contributed by atoms with E-state index in [1.807, 2.05) is 37.3 Å². The normalized spacial score (nSPS) is 17.8. The third-order valence-electron chi connectivity index (χ3n) is 4.65. The number of rotatable bonds is 3. The van der Waals surface area contributed by atoms with E-state index >= 15 is 0 Å². The molecule has 23 heavy (non-hydrogen) atoms. The molecule has 1 saturated heterocycles. The van der Waals surface area contributed by atoms with E-state index in [-0.39, 0.29) is 0 Å². The van der Waals surface area contributed by atoms with Gasteiger partial charge in [-0.15, -0.1) is 0 Å². The number of halogens is 1. The maximum atomic E-state index is 10.9. The average Bonchev–Trinajstić information content (AvgIpc) is 2.90. The number of nitriles is 1. The van der Waals surface area contributed by atoms with Gasteiger partial charge in [0.25, 0.3) is 0 Å². The first-order chi connectivity index (χ1) is 11.0. The van der Waals surface area contributed by atoms with E-state index in [0.717, 1.165) is 36.6 Å². The van der Waals surface area contributed by atoms with Crippen LogP contribution in [0, 0.1) is 18.3 Å². The number of aromatic nitrogens is 1. The highest BCUT2D eigenvalue weighted by atomic mass is 35.5. The number of likely N-dealkylation sites (tertiary alicyclic amines) is 1. The highest BCUT2D eigenvalue weighted by Gasteiger charge is 2.33. The summed E-state index contributed by atoms with van der Waals surface area (Å²) in [5.74, 6) is 0. The number of aliphatic hydroxyl groups is 1. The molecule has 1 aliphatic heterocycles. The average molecular weight is 330 g/mol. The van der Waals surface area contributed by atoms with Gasteiger partial charge < -0.3 is 10.1 Å². The smallest absolute Gasteiger partial charge is 0.101 e. The quantitative estimate of drug-likeness (QED) is 0.907. The maximum absolute atomic E-state index is 10.9. The number of hydrogen-bond acceptors (Lipinski definition) is 3. The fourth-order valence-electron chi connectivity index (χ4n) is 3.20. The third kappa shape index (κ3) is 3.42. The van der Waals surface area contributed by atoms with Gasteiger partial charge in [0.1, 0.15) is 6.07 Å². The standard InChI is InChI=1S/C18H20ClN3O/c1-13-14(11-20)10-17(21-13)12-22-8-6-18(23,7-9-22)15-2-4-16(19)5-3-15/h2-5,10,21,23H,6-9,12H2,1H3. The summed E-state index contributed by atoms with van der Waals surface area (Å²) in [6.07, 6.45) is 1.39. The molecule has 4 nitrogen and oxygen atoms in total. The molecule has 1 aromatic carbocycles. The summed E-state index contributed by atoms with van der Waals surface area (Å²) in [4.78, 5) is 5.56. The largest absolute Gasteiger partial charge is 0.385 e. The minimum absolute atomic E-state index is 0.685. The molecule has 0 atom stereocenters. The number of aromatic amines is 1. The van der Waals surface area contributed by atoms with Gasteiger partial charge in [-0.25, -0.2) is 0 Å². The molecule has 5 heteroatoms. The van der Waals surface area contributed by atoms with Crippen LogP contribution < -0.4 is 0 Å². The lowest BCUT2D eigenvalue weighted by Gasteiger charge is -2.38. The Morgan fingerprint density at radius 1 is 1.30 bits per heavy atom. The van der Waals surface area contributed by atoms with Crippen LogP contribution >= 0.6 is 11.6 Å². The van der Waals surface area contributed by atoms with Crippen molar-refractivity contribution in [3.63, 3.8) is 0 Å². The summed E-state index contributed by atoms with van der Waals surface area (Å²) in [6, 6.07) is 11.6. The monoisotopic (exact) mass is 329 g/mol. The predicted octanol–water partition coefficient (Wildman–Crippen LogP) is 3.33. The van der Waals surface area contributed by atoms with Crippen LogP contribution in [0.1, 0.15) is 35.4 Å². The van der Waals surface area contributed by atoms with E-state index in [2.05, 4.69) is 16.0 Å². The van der Waals surface area contributed by atoms with Crippen molar-refractivity contribution < 1.29 is 5.11 Å². The molecule has 1 fully saturated rings. The minimum Gasteiger partial charge on any atom is -0.385 e. The van der Waals surface area contributed by atoms with Crippen LogP contribution in [-0.2, 0) is 12.1 Å². The van der Waals surface area contributed by atoms with Gasteiger partial charge in [-0.1, -0.05) is 23.7 Å². The number of benzene rings is 1. The summed E-state index contributed by atoms with van der Waals surface area (Å²) in [5, 5.41) is 20.6. The Morgan fingerprint density at radius 2 is 1.96 bits per heavy atom. The molecule has 2 N–H and O–H groups in total. The molecule has 1 aliphatic rings. The summed E-state index contributed by atoms with van der Waals surface area (Å²) < 4.78 is 0. The van der Waals surface area contributed by atoms with Gasteiger partial charge in [0.2, 0.25) is 0 Å². The second-order valence-electron chi connectivity index (χ2n) is 6.26. The van der Waals surface area contributed by atoms with Gasteiger partial charge in [-0.3, -0.25) is 4.90 Å². The van der Waals surface area contributed by atoms with Crippen molar-refractivity contribution in [1.82, 2.24) is 9.88 Å². The lowest BCUT2D eigenvalue weighted by molar-refractivity contribution is -0.0279. The van der Waals surface area contributed by atoms with Crippen molar-refractivity contribution in [2.45, 2.75) is 31.9 Å². The topological polar surface area (TPSA) is 63.1 Å². The zero-order valence-corrected chi connectivity index (χ0v) is 13.9. The molecule has 0 bridgehead atoms. The molecule has 3 rings (SSSR count). The number of aryl methyl sites for hydroxylation is 1. The van der Waals surface area contributed by atoms with Crippen LogP contribution in [0.2, 0.25) is 5.02 Å². The Balaban J connectivity index is 1.63. The van der Waals surface area contributed by atoms with Gasteiger partial charge in [-0.05, 0) is 43.5 Å². The predicted molar refractivity (Wildman–Crippen MR) is 90.1 cm³/mol. The number of piperidine rings is 1. The van der Waals surface area contributed by atoms with Crippen molar-refractivity contribution in [3.05, 3.63) is 57.9 Å². The zero-order chi connectivity index (χ0) is 16.4. The number of nitrogens with one attached hydrogen (secondary N) is 1. The van der Waals surface area contributed by atoms with E-state index in [9.17, 15) is 5.11 Å². The highest BCUT2D eigenvalue weighted by Crippen LogP contribution is 2.33. The van der Waals surface area contributed by atoms with E-state index in [0.29, 0.717) is 23.4 Å². The first kappa shape index (κ1) is 16.1. The van der Waals surface area contributed by atoms with Crippen LogP contribution in [0.3, 0.4) is 0 Å². The Hall–Kier alpha value is -1.80. The van der Waals surface area contributed by atoms with Crippen molar-refractivity contribution in [3.8, 4) is 6.07 Å². The van der Waals surface area contributed by atoms with Gasteiger partial charge in [0.05, 0.1) is 11.2 Å². The van der Waals surface area contributed by atoms with E-state index in [1.54, 1.807) is 0 Å². The Labute approximate surface area is 141 Å². The lowest BCUT2D eigenvalue weighted by atomic mass is 9.84. The molecule has 0 radical (unpaired) electrons. The third-order valence-corrected chi connectivity index (χ3v) is 4.90. The van der Waals surface area contributed by atoms with Crippen LogP contribution in [0.25, 0.3) is 0 Å². The fourth-order valence-corrected chi connectivity index (χ4v) is 3.32. The van der Waals surface area contributed by atoms with Gasteiger partial charge >= 0.3 is 0 Å². The lowest BCUT2D eigenvalue weighted by Crippen LogP contribution is -2.42. The SMILES string of the molecule is Cc1[nH]c(CN2CCC(O)(c3ccc(Cl)cc3)CC2)cc1C#N. The second kappa shape index (κ2) is 6.37. The minimum atomic E-state index is -0.773. The number of hydrogen-bond donors (Lipinski definition) is 2. The van der Waals surface area contributed by atoms with E-state index in [4.69, 9.17) is 16.9 Å². The van der Waals surface area contributed by atoms with Gasteiger partial charge in [-0.2, -0.15) is 5.26 Å². The van der Waals surface area contributed by atoms with Crippen molar-refractivity contribution in [2.24, 2.45) is 0 Å². The van der Waals surface area contributed by atoms with E-state index in [1.165, 1.54) is 0 Å². The maximum Gasteiger partial charge on any atom is 0.101 e. The van der Waals surface area contributed by atoms with Gasteiger partial charge in [0.15, 0.2) is 0 Å². The van der Waals surface area contributed by atoms with E-state index < -0.39 is 5.60 Å². The fraction of sp³-hybridized carbons (Fsp3) is 0.389. The summed E-state index contributed by atoms with van der Waals surface area (Å²) >= 11 is 5.92. The summed E-state index contributed by atoms with van der Waals surface area (Å²) in [7, 11) is 0. The highest BCUT2D eigenvalue weighted by molar-refractivity contribution is 6.30. The molecule has 2 heterocycles. The Kier molecular flexibility index (Phi) is 4.45. The molecule has 0 saturated carbocycles. The summed E-state index contributed by atoms with van der Waals surface area (Å²) in [6.45, 7) is 4.33. The van der Waals surface area contributed by atoms with Gasteiger partial charge in [0, 0.05) is 36.0 Å². The molecular formula is C18H20ClN3O. The Bertz CT molecular complexity index is 722. The first-order valence-electron chi connectivity index (χ1n) is 7.79. The Morgan fingerprint density at radius 3 is 2.52 bits per heavy atom. The first-order valence-corrected chi connectivity index (χ1v) is 8.17. The zero-order valence-electron chi connectivity index (χ0n) is 13.1.